The Morgan fingerprint density at radius 2 is 2.00 bits per heavy atom. The lowest BCUT2D eigenvalue weighted by Gasteiger charge is -2.18. The van der Waals surface area contributed by atoms with Crippen LogP contribution in [0.2, 0.25) is 0 Å². The van der Waals surface area contributed by atoms with Crippen LogP contribution in [0.15, 0.2) is 12.7 Å². The molecule has 2 N–H and O–H groups in total. The van der Waals surface area contributed by atoms with E-state index in [-0.39, 0.29) is 0 Å². The van der Waals surface area contributed by atoms with E-state index in [1.807, 2.05) is 6.08 Å². The van der Waals surface area contributed by atoms with Gasteiger partial charge in [-0.1, -0.05) is 18.9 Å². The van der Waals surface area contributed by atoms with E-state index in [0.717, 1.165) is 18.8 Å². The Hall–Kier alpha value is -0.340. The molecule has 2 nitrogen and oxygen atoms in total. The molecule has 2 atom stereocenters. The predicted octanol–water partition coefficient (Wildman–Crippen LogP) is 2.07. The van der Waals surface area contributed by atoms with Gasteiger partial charge in [-0.05, 0) is 37.5 Å². The van der Waals surface area contributed by atoms with Gasteiger partial charge < -0.3 is 10.2 Å². The van der Waals surface area contributed by atoms with Gasteiger partial charge in [-0.15, -0.1) is 6.58 Å². The highest BCUT2D eigenvalue weighted by Crippen LogP contribution is 2.37. The van der Waals surface area contributed by atoms with Crippen molar-refractivity contribution in [2.24, 2.45) is 11.8 Å². The van der Waals surface area contributed by atoms with E-state index in [2.05, 4.69) is 6.58 Å². The van der Waals surface area contributed by atoms with E-state index in [0.29, 0.717) is 12.3 Å². The average Bonchev–Trinajstić information content (AvgIpc) is 2.49. The maximum Gasteiger partial charge on any atom is 0.151 e. The SMILES string of the molecule is C=CCC1CCCC1CCC(O)O. The Kier molecular flexibility index (Phi) is 4.46. The van der Waals surface area contributed by atoms with E-state index in [9.17, 15) is 0 Å². The molecule has 1 aliphatic carbocycles. The van der Waals surface area contributed by atoms with Crippen LogP contribution in [0, 0.1) is 11.8 Å². The first-order valence-corrected chi connectivity index (χ1v) is 5.21. The quantitative estimate of drug-likeness (QED) is 0.507. The lowest BCUT2D eigenvalue weighted by molar-refractivity contribution is -0.0496. The summed E-state index contributed by atoms with van der Waals surface area (Å²) in [6.07, 6.45) is 7.28. The number of hydrogen-bond donors (Lipinski definition) is 2. The third-order valence-corrected chi connectivity index (χ3v) is 3.08. The molecule has 0 amide bonds. The molecule has 2 unspecified atom stereocenters. The van der Waals surface area contributed by atoms with Crippen LogP contribution in [0.1, 0.15) is 38.5 Å². The van der Waals surface area contributed by atoms with E-state index in [1.165, 1.54) is 19.3 Å². The van der Waals surface area contributed by atoms with Gasteiger partial charge in [0.15, 0.2) is 6.29 Å². The minimum atomic E-state index is -1.12. The average molecular weight is 184 g/mol. The number of aliphatic hydroxyl groups excluding tert-OH is 1. The molecule has 2 heteroatoms. The Morgan fingerprint density at radius 1 is 1.31 bits per heavy atom. The summed E-state index contributed by atoms with van der Waals surface area (Å²) in [6.45, 7) is 3.76. The zero-order chi connectivity index (χ0) is 9.68. The second-order valence-corrected chi connectivity index (χ2v) is 4.03. The Morgan fingerprint density at radius 3 is 2.62 bits per heavy atom. The topological polar surface area (TPSA) is 40.5 Å². The molecule has 1 aliphatic rings. The van der Waals surface area contributed by atoms with Crippen LogP contribution in [0.25, 0.3) is 0 Å². The van der Waals surface area contributed by atoms with Gasteiger partial charge in [0.25, 0.3) is 0 Å². The molecule has 0 heterocycles. The van der Waals surface area contributed by atoms with Crippen LogP contribution >= 0.6 is 0 Å². The van der Waals surface area contributed by atoms with Crippen molar-refractivity contribution in [3.63, 3.8) is 0 Å². The Bertz CT molecular complexity index is 154. The van der Waals surface area contributed by atoms with Crippen molar-refractivity contribution >= 4 is 0 Å². The van der Waals surface area contributed by atoms with Gasteiger partial charge in [-0.3, -0.25) is 0 Å². The molecular formula is C11H20O2. The van der Waals surface area contributed by atoms with Gasteiger partial charge in [0.05, 0.1) is 0 Å². The molecule has 76 valence electrons. The molecule has 0 aromatic rings. The van der Waals surface area contributed by atoms with Gasteiger partial charge in [0.2, 0.25) is 0 Å². The van der Waals surface area contributed by atoms with E-state index in [4.69, 9.17) is 10.2 Å². The third kappa shape index (κ3) is 3.49. The first-order valence-electron chi connectivity index (χ1n) is 5.21. The van der Waals surface area contributed by atoms with Gasteiger partial charge in [0, 0.05) is 0 Å². The lowest BCUT2D eigenvalue weighted by atomic mass is 9.89. The summed E-state index contributed by atoms with van der Waals surface area (Å²) in [5, 5.41) is 17.5. The summed E-state index contributed by atoms with van der Waals surface area (Å²) in [7, 11) is 0. The maximum absolute atomic E-state index is 8.76. The molecule has 0 aromatic carbocycles. The number of hydrogen-bond acceptors (Lipinski definition) is 2. The van der Waals surface area contributed by atoms with Gasteiger partial charge >= 0.3 is 0 Å². The third-order valence-electron chi connectivity index (χ3n) is 3.08. The van der Waals surface area contributed by atoms with Crippen LogP contribution in [-0.2, 0) is 0 Å². The number of aliphatic hydroxyl groups is 2. The van der Waals surface area contributed by atoms with Crippen LogP contribution in [0.3, 0.4) is 0 Å². The van der Waals surface area contributed by atoms with Crippen molar-refractivity contribution in [3.8, 4) is 0 Å². The summed E-state index contributed by atoms with van der Waals surface area (Å²) in [5.41, 5.74) is 0. The fourth-order valence-corrected chi connectivity index (χ4v) is 2.38. The smallest absolute Gasteiger partial charge is 0.151 e. The molecule has 0 spiro atoms. The second kappa shape index (κ2) is 5.40. The second-order valence-electron chi connectivity index (χ2n) is 4.03. The zero-order valence-electron chi connectivity index (χ0n) is 8.15. The molecule has 1 saturated carbocycles. The summed E-state index contributed by atoms with van der Waals surface area (Å²) in [4.78, 5) is 0. The summed E-state index contributed by atoms with van der Waals surface area (Å²) in [6, 6.07) is 0. The zero-order valence-corrected chi connectivity index (χ0v) is 8.15. The minimum absolute atomic E-state index is 0.526. The van der Waals surface area contributed by atoms with E-state index in [1.54, 1.807) is 0 Å². The highest BCUT2D eigenvalue weighted by atomic mass is 16.5. The number of allylic oxidation sites excluding steroid dienone is 1. The normalized spacial score (nSPS) is 28.2. The van der Waals surface area contributed by atoms with Crippen LogP contribution < -0.4 is 0 Å². The summed E-state index contributed by atoms with van der Waals surface area (Å²) >= 11 is 0. The van der Waals surface area contributed by atoms with Crippen LogP contribution in [0.4, 0.5) is 0 Å². The van der Waals surface area contributed by atoms with E-state index >= 15 is 0 Å². The van der Waals surface area contributed by atoms with Crippen molar-refractivity contribution in [2.45, 2.75) is 44.8 Å². The summed E-state index contributed by atoms with van der Waals surface area (Å²) < 4.78 is 0. The highest BCUT2D eigenvalue weighted by molar-refractivity contribution is 4.83. The summed E-state index contributed by atoms with van der Waals surface area (Å²) in [5.74, 6) is 1.44. The van der Waals surface area contributed by atoms with Gasteiger partial charge in [0.1, 0.15) is 0 Å². The van der Waals surface area contributed by atoms with Crippen molar-refractivity contribution in [2.75, 3.05) is 0 Å². The first-order chi connectivity index (χ1) is 6.24. The molecule has 13 heavy (non-hydrogen) atoms. The fourth-order valence-electron chi connectivity index (χ4n) is 2.38. The van der Waals surface area contributed by atoms with Gasteiger partial charge in [-0.2, -0.15) is 0 Å². The van der Waals surface area contributed by atoms with Crippen molar-refractivity contribution in [1.82, 2.24) is 0 Å². The largest absolute Gasteiger partial charge is 0.368 e. The van der Waals surface area contributed by atoms with Crippen molar-refractivity contribution < 1.29 is 10.2 Å². The fraction of sp³-hybridized carbons (Fsp3) is 0.818. The van der Waals surface area contributed by atoms with Crippen LogP contribution in [-0.4, -0.2) is 16.5 Å². The van der Waals surface area contributed by atoms with E-state index < -0.39 is 6.29 Å². The van der Waals surface area contributed by atoms with Crippen molar-refractivity contribution in [3.05, 3.63) is 12.7 Å². The first kappa shape index (κ1) is 10.7. The molecule has 0 radical (unpaired) electrons. The monoisotopic (exact) mass is 184 g/mol. The maximum atomic E-state index is 8.76. The predicted molar refractivity (Wildman–Crippen MR) is 53.1 cm³/mol. The minimum Gasteiger partial charge on any atom is -0.368 e. The standard InChI is InChI=1S/C11H20O2/c1-2-4-9-5-3-6-10(9)7-8-11(12)13/h2,9-13H,1,3-8H2. The molecule has 0 saturated heterocycles. The van der Waals surface area contributed by atoms with Crippen LogP contribution in [0.5, 0.6) is 0 Å². The molecule has 0 bridgehead atoms. The van der Waals surface area contributed by atoms with Gasteiger partial charge in [-0.25, -0.2) is 0 Å². The lowest BCUT2D eigenvalue weighted by Crippen LogP contribution is -2.12. The highest BCUT2D eigenvalue weighted by Gasteiger charge is 2.25. The molecule has 1 fully saturated rings. The Labute approximate surface area is 80.3 Å². The molecule has 0 aliphatic heterocycles. The number of rotatable bonds is 5. The molecule has 1 rings (SSSR count). The molecule has 0 aromatic heterocycles. The van der Waals surface area contributed by atoms with Crippen molar-refractivity contribution in [1.29, 1.82) is 0 Å². The Balaban J connectivity index is 2.26. The molecular weight excluding hydrogens is 164 g/mol.